The van der Waals surface area contributed by atoms with Crippen molar-refractivity contribution in [3.8, 4) is 0 Å². The summed E-state index contributed by atoms with van der Waals surface area (Å²) < 4.78 is 27.2. The van der Waals surface area contributed by atoms with Crippen molar-refractivity contribution in [3.05, 3.63) is 34.2 Å². The van der Waals surface area contributed by atoms with Crippen LogP contribution in [0.2, 0.25) is 0 Å². The average molecular weight is 803 g/mol. The van der Waals surface area contributed by atoms with Gasteiger partial charge in [-0.25, -0.2) is 14.4 Å². The van der Waals surface area contributed by atoms with E-state index in [0.29, 0.717) is 25.0 Å². The zero-order valence-electron chi connectivity index (χ0n) is 30.1. The lowest BCUT2D eigenvalue weighted by atomic mass is 9.88. The largest absolute Gasteiger partial charge is 0.479 e. The fourth-order valence-corrected chi connectivity index (χ4v) is 7.80. The van der Waals surface area contributed by atoms with Crippen molar-refractivity contribution in [2.75, 3.05) is 25.4 Å². The third-order valence-corrected chi connectivity index (χ3v) is 10.6. The summed E-state index contributed by atoms with van der Waals surface area (Å²) in [5.74, 6) is -2.04. The second-order valence-corrected chi connectivity index (χ2v) is 16.2. The molecule has 4 heterocycles. The Hall–Kier alpha value is -4.28. The van der Waals surface area contributed by atoms with E-state index in [1.165, 1.54) is 30.1 Å². The summed E-state index contributed by atoms with van der Waals surface area (Å²) >= 11 is 1.46. The summed E-state index contributed by atoms with van der Waals surface area (Å²) in [6.45, 7) is 6.73. The van der Waals surface area contributed by atoms with Crippen molar-refractivity contribution >= 4 is 63.7 Å². The van der Waals surface area contributed by atoms with Crippen LogP contribution in [0.3, 0.4) is 0 Å². The molecule has 0 aromatic carbocycles. The van der Waals surface area contributed by atoms with E-state index in [1.54, 1.807) is 20.0 Å². The SMILES string of the molecule is CC(=O)CC(C)(C)CNC(=O)OC1OC(C(=O)O)C(O)C(O)C1O.CC(=O)CCCNC(=O)OCC1=CN2C(=O)C(NC(=O)Cc3cccs3)C2S(=O)C1. The minimum absolute atomic E-state index is 0.0507. The van der Waals surface area contributed by atoms with E-state index < -0.39 is 76.5 Å². The fourth-order valence-electron chi connectivity index (χ4n) is 5.49. The molecule has 0 radical (unpaired) electrons. The molecule has 3 aliphatic heterocycles. The van der Waals surface area contributed by atoms with Gasteiger partial charge in [-0.05, 0) is 42.7 Å². The number of thiophene rings is 1. The molecule has 21 heteroatoms. The van der Waals surface area contributed by atoms with E-state index in [4.69, 9.17) is 19.3 Å². The Balaban J connectivity index is 0.000000299. The van der Waals surface area contributed by atoms with Gasteiger partial charge in [0.05, 0.1) is 23.0 Å². The van der Waals surface area contributed by atoms with Crippen molar-refractivity contribution in [2.45, 2.75) is 95.5 Å². The van der Waals surface area contributed by atoms with Gasteiger partial charge in [0.25, 0.3) is 5.91 Å². The maximum absolute atomic E-state index is 12.6. The second kappa shape index (κ2) is 19.9. The number of carbonyl (C=O) groups is 7. The third kappa shape index (κ3) is 12.9. The summed E-state index contributed by atoms with van der Waals surface area (Å²) in [5, 5.41) is 46.6. The number of carboxylic acid groups (broad SMARTS) is 1. The van der Waals surface area contributed by atoms with Crippen LogP contribution in [0.1, 0.15) is 51.8 Å². The van der Waals surface area contributed by atoms with Crippen molar-refractivity contribution in [3.63, 3.8) is 0 Å². The molecule has 0 aliphatic carbocycles. The normalized spacial score (nSPS) is 26.0. The van der Waals surface area contributed by atoms with E-state index in [-0.39, 0.29) is 55.1 Å². The molecule has 8 unspecified atom stereocenters. The van der Waals surface area contributed by atoms with Crippen molar-refractivity contribution in [1.29, 1.82) is 0 Å². The van der Waals surface area contributed by atoms with Crippen molar-refractivity contribution in [2.24, 2.45) is 5.41 Å². The van der Waals surface area contributed by atoms with Crippen LogP contribution in [-0.4, -0.2) is 139 Å². The molecule has 54 heavy (non-hydrogen) atoms. The number of hydrogen-bond donors (Lipinski definition) is 7. The smallest absolute Gasteiger partial charge is 0.409 e. The maximum Gasteiger partial charge on any atom is 0.409 e. The summed E-state index contributed by atoms with van der Waals surface area (Å²) in [7, 11) is -1.42. The lowest BCUT2D eigenvalue weighted by Crippen LogP contribution is -2.71. The number of carbonyl (C=O) groups excluding carboxylic acids is 6. The first-order chi connectivity index (χ1) is 25.3. The highest BCUT2D eigenvalue weighted by Crippen LogP contribution is 2.30. The van der Waals surface area contributed by atoms with Crippen molar-refractivity contribution < 1.29 is 72.4 Å². The number of Topliss-reactive ketones (excluding diaryl/α,β-unsaturated/α-hetero) is 2. The number of aliphatic hydroxyl groups is 3. The zero-order valence-corrected chi connectivity index (χ0v) is 31.7. The number of ether oxygens (including phenoxy) is 3. The fraction of sp³-hybridized carbons (Fsp3) is 0.606. The predicted molar refractivity (Wildman–Crippen MR) is 189 cm³/mol. The van der Waals surface area contributed by atoms with Crippen LogP contribution in [0.15, 0.2) is 29.3 Å². The highest BCUT2D eigenvalue weighted by molar-refractivity contribution is 7.86. The number of amides is 4. The topological polar surface area (TPSA) is 284 Å². The summed E-state index contributed by atoms with van der Waals surface area (Å²) in [4.78, 5) is 83.1. The predicted octanol–water partition coefficient (Wildman–Crippen LogP) is -0.705. The molecule has 0 saturated carbocycles. The van der Waals surface area contributed by atoms with Gasteiger partial charge in [-0.3, -0.25) is 18.7 Å². The molecule has 0 spiro atoms. The summed E-state index contributed by atoms with van der Waals surface area (Å²) in [6, 6.07) is 2.88. The molecule has 1 aromatic heterocycles. The number of β-lactam (4-membered cyclic amide) rings is 1. The molecule has 300 valence electrons. The van der Waals surface area contributed by atoms with Gasteiger partial charge >= 0.3 is 18.2 Å². The first kappa shape index (κ1) is 44.1. The Bertz CT molecular complexity index is 1600. The highest BCUT2D eigenvalue weighted by Gasteiger charge is 2.53. The van der Waals surface area contributed by atoms with E-state index in [1.807, 2.05) is 17.5 Å². The Kier molecular flexibility index (Phi) is 16.2. The molecule has 7 N–H and O–H groups in total. The van der Waals surface area contributed by atoms with Gasteiger partial charge in [-0.15, -0.1) is 11.3 Å². The van der Waals surface area contributed by atoms with Gasteiger partial charge in [0.2, 0.25) is 12.2 Å². The molecule has 2 saturated heterocycles. The van der Waals surface area contributed by atoms with Crippen LogP contribution in [-0.2, 0) is 55.4 Å². The van der Waals surface area contributed by atoms with Crippen LogP contribution in [0, 0.1) is 5.41 Å². The highest BCUT2D eigenvalue weighted by atomic mass is 32.2. The van der Waals surface area contributed by atoms with E-state index >= 15 is 0 Å². The van der Waals surface area contributed by atoms with Crippen molar-refractivity contribution in [1.82, 2.24) is 20.9 Å². The number of aliphatic hydroxyl groups excluding tert-OH is 3. The number of nitrogens with zero attached hydrogens (tertiary/aromatic N) is 1. The van der Waals surface area contributed by atoms with E-state index in [9.17, 15) is 53.1 Å². The molecule has 3 aliphatic rings. The lowest BCUT2D eigenvalue weighted by molar-refractivity contribution is -0.278. The summed E-state index contributed by atoms with van der Waals surface area (Å²) in [6.07, 6.45) is -7.96. The minimum atomic E-state index is -1.87. The maximum atomic E-state index is 12.6. The van der Waals surface area contributed by atoms with Gasteiger partial charge in [0.1, 0.15) is 47.9 Å². The van der Waals surface area contributed by atoms with Crippen LogP contribution in [0.25, 0.3) is 0 Å². The van der Waals surface area contributed by atoms with Crippen LogP contribution >= 0.6 is 11.3 Å². The Labute approximate surface area is 316 Å². The van der Waals surface area contributed by atoms with Gasteiger partial charge < -0.3 is 60.2 Å². The molecule has 4 rings (SSSR count). The van der Waals surface area contributed by atoms with Gasteiger partial charge in [0.15, 0.2) is 6.10 Å². The minimum Gasteiger partial charge on any atom is -0.479 e. The quantitative estimate of drug-likeness (QED) is 0.0853. The number of alkyl carbamates (subject to hydrolysis) is 2. The first-order valence-electron chi connectivity index (χ1n) is 16.8. The number of carboxylic acids is 1. The third-order valence-electron chi connectivity index (χ3n) is 8.07. The van der Waals surface area contributed by atoms with Crippen LogP contribution < -0.4 is 16.0 Å². The lowest BCUT2D eigenvalue weighted by Gasteiger charge is -2.46. The van der Waals surface area contributed by atoms with E-state index in [0.717, 1.165) is 4.88 Å². The molecule has 2 fully saturated rings. The van der Waals surface area contributed by atoms with E-state index in [2.05, 4.69) is 16.0 Å². The number of aliphatic carboxylic acids is 1. The molecule has 1 aromatic rings. The molecule has 0 bridgehead atoms. The summed E-state index contributed by atoms with van der Waals surface area (Å²) in [5.41, 5.74) is 0.0242. The number of fused-ring (bicyclic) bond motifs is 1. The zero-order chi connectivity index (χ0) is 40.3. The second-order valence-electron chi connectivity index (χ2n) is 13.6. The number of hydrogen-bond acceptors (Lipinski definition) is 15. The number of rotatable bonds is 15. The molecular formula is C33H46N4O15S2. The number of ketones is 2. The average Bonchev–Trinajstić information content (AvgIpc) is 3.60. The van der Waals surface area contributed by atoms with Gasteiger partial charge in [0, 0.05) is 37.0 Å². The Morgan fingerprint density at radius 3 is 2.35 bits per heavy atom. The standard InChI is InChI=1S/C19H23N3O6S2.C14H23NO9/c1-12(23)4-2-6-20-19(26)28-10-13-9-22-17(25)16(18(22)30(27)11-13)21-15(24)8-14-5-3-7-29-14;1-6(16)4-14(2,3)5-15-13(22)24-12-9(19)7(17)8(18)10(23-12)11(20)21/h3,5,7,9,16,18H,2,4,6,8,10-11H2,1H3,(H,20,26)(H,21,24);7-10,12,17-19H,4-5H2,1-3H3,(H,15,22)(H,20,21). The first-order valence-corrected chi connectivity index (χ1v) is 19.0. The van der Waals surface area contributed by atoms with Gasteiger partial charge in [-0.1, -0.05) is 19.9 Å². The molecular weight excluding hydrogens is 757 g/mol. The molecule has 8 atom stereocenters. The number of nitrogens with one attached hydrogen (secondary N) is 3. The molecule has 4 amide bonds. The Morgan fingerprint density at radius 2 is 1.74 bits per heavy atom. The monoisotopic (exact) mass is 802 g/mol. The Morgan fingerprint density at radius 1 is 1.04 bits per heavy atom. The van der Waals surface area contributed by atoms with Crippen LogP contribution in [0.4, 0.5) is 9.59 Å². The van der Waals surface area contributed by atoms with Gasteiger partial charge in [-0.2, -0.15) is 0 Å². The molecule has 19 nitrogen and oxygen atoms in total. The van der Waals surface area contributed by atoms with Crippen LogP contribution in [0.5, 0.6) is 0 Å².